The first-order valence-electron chi connectivity index (χ1n) is 12.7. The van der Waals surface area contributed by atoms with Crippen LogP contribution in [0.25, 0.3) is 33.6 Å². The first-order valence-corrected chi connectivity index (χ1v) is 12.7. The van der Waals surface area contributed by atoms with E-state index >= 15 is 0 Å². The fourth-order valence-corrected chi connectivity index (χ4v) is 4.64. The Labute approximate surface area is 210 Å². The molecule has 1 aliphatic carbocycles. The molecule has 1 aromatic carbocycles. The van der Waals surface area contributed by atoms with Gasteiger partial charge in [0, 0.05) is 36.3 Å². The lowest BCUT2D eigenvalue weighted by molar-refractivity contribution is 0.0940. The number of fused-ring (bicyclic) bond motifs is 2. The molecule has 36 heavy (non-hydrogen) atoms. The second-order valence-corrected chi connectivity index (χ2v) is 9.65. The van der Waals surface area contributed by atoms with Gasteiger partial charge in [-0.25, -0.2) is 9.97 Å². The summed E-state index contributed by atoms with van der Waals surface area (Å²) in [6, 6.07) is 9.64. The molecule has 0 aliphatic heterocycles. The first-order chi connectivity index (χ1) is 17.5. The first kappa shape index (κ1) is 24.3. The average molecular weight is 491 g/mol. The van der Waals surface area contributed by atoms with Gasteiger partial charge in [-0.05, 0) is 69.0 Å². The molecule has 9 nitrogen and oxygen atoms in total. The zero-order valence-corrected chi connectivity index (χ0v) is 21.0. The zero-order valence-electron chi connectivity index (χ0n) is 21.0. The van der Waals surface area contributed by atoms with E-state index in [4.69, 9.17) is 9.72 Å². The Morgan fingerprint density at radius 1 is 1.33 bits per heavy atom. The molecule has 4 N–H and O–H groups in total. The highest BCUT2D eigenvalue weighted by Crippen LogP contribution is 2.36. The Kier molecular flexibility index (Phi) is 6.93. The summed E-state index contributed by atoms with van der Waals surface area (Å²) < 4.78 is 7.86. The van der Waals surface area contributed by atoms with Gasteiger partial charge in [0.2, 0.25) is 0 Å². The number of benzene rings is 1. The fraction of sp³-hybridized carbons (Fsp3) is 0.444. The molecule has 9 heteroatoms. The molecule has 0 spiro atoms. The molecule has 0 unspecified atom stereocenters. The molecule has 0 radical (unpaired) electrons. The van der Waals surface area contributed by atoms with E-state index in [1.54, 1.807) is 13.2 Å². The van der Waals surface area contributed by atoms with Gasteiger partial charge in [0.25, 0.3) is 5.91 Å². The highest BCUT2D eigenvalue weighted by atomic mass is 16.5. The van der Waals surface area contributed by atoms with E-state index < -0.39 is 6.10 Å². The van der Waals surface area contributed by atoms with Gasteiger partial charge >= 0.3 is 0 Å². The number of H-pyrrole nitrogens is 1. The Balaban J connectivity index is 1.45. The van der Waals surface area contributed by atoms with E-state index in [2.05, 4.69) is 37.3 Å². The third kappa shape index (κ3) is 4.94. The number of rotatable bonds is 11. The normalized spacial score (nSPS) is 15.3. The second kappa shape index (κ2) is 10.3. The Morgan fingerprint density at radius 3 is 2.89 bits per heavy atom. The molecule has 0 saturated heterocycles. The van der Waals surface area contributed by atoms with Crippen LogP contribution < -0.4 is 15.4 Å². The van der Waals surface area contributed by atoms with Gasteiger partial charge in [-0.3, -0.25) is 4.79 Å². The SMILES string of the molecule is CC[C@H](O)C[C@H](CNC(=O)c1cc(OC)c2nc(-c3cc4cccnc4n3CC3CC3)[nH]c2c1)NC. The average Bonchev–Trinajstić information content (AvgIpc) is 3.50. The summed E-state index contributed by atoms with van der Waals surface area (Å²) in [6.07, 6.45) is 5.16. The number of imidazole rings is 1. The van der Waals surface area contributed by atoms with Crippen molar-refractivity contribution in [2.75, 3.05) is 20.7 Å². The number of hydrogen-bond donors (Lipinski definition) is 4. The number of nitrogens with one attached hydrogen (secondary N) is 3. The smallest absolute Gasteiger partial charge is 0.251 e. The minimum atomic E-state index is -0.398. The topological polar surface area (TPSA) is 117 Å². The number of pyridine rings is 1. The number of aliphatic hydroxyl groups excluding tert-OH is 1. The van der Waals surface area contributed by atoms with Crippen LogP contribution in [0.5, 0.6) is 5.75 Å². The molecule has 1 amide bonds. The van der Waals surface area contributed by atoms with E-state index in [-0.39, 0.29) is 11.9 Å². The van der Waals surface area contributed by atoms with E-state index in [0.29, 0.717) is 42.1 Å². The van der Waals surface area contributed by atoms with Crippen molar-refractivity contribution in [3.05, 3.63) is 42.1 Å². The van der Waals surface area contributed by atoms with E-state index in [9.17, 15) is 9.90 Å². The minimum Gasteiger partial charge on any atom is -0.494 e. The number of methoxy groups -OCH3 is 1. The van der Waals surface area contributed by atoms with Gasteiger partial charge in [-0.1, -0.05) is 6.92 Å². The van der Waals surface area contributed by atoms with E-state index in [0.717, 1.165) is 34.6 Å². The summed E-state index contributed by atoms with van der Waals surface area (Å²) in [4.78, 5) is 25.9. The number of hydrogen-bond acceptors (Lipinski definition) is 6. The number of likely N-dealkylation sites (N-methyl/N-ethyl adjacent to an activating group) is 1. The summed E-state index contributed by atoms with van der Waals surface area (Å²) in [6.45, 7) is 3.27. The highest BCUT2D eigenvalue weighted by molar-refractivity contribution is 5.99. The lowest BCUT2D eigenvalue weighted by Gasteiger charge is -2.19. The number of aliphatic hydroxyl groups is 1. The largest absolute Gasteiger partial charge is 0.494 e. The van der Waals surface area contributed by atoms with Crippen LogP contribution in [0.3, 0.4) is 0 Å². The predicted molar refractivity (Wildman–Crippen MR) is 140 cm³/mol. The van der Waals surface area contributed by atoms with Crippen LogP contribution in [0.1, 0.15) is 43.0 Å². The van der Waals surface area contributed by atoms with Gasteiger partial charge in [0.05, 0.1) is 24.4 Å². The van der Waals surface area contributed by atoms with Crippen molar-refractivity contribution in [1.82, 2.24) is 30.2 Å². The predicted octanol–water partition coefficient (Wildman–Crippen LogP) is 3.48. The molecular weight excluding hydrogens is 456 g/mol. The van der Waals surface area contributed by atoms with Gasteiger partial charge in [-0.2, -0.15) is 0 Å². The molecule has 0 bridgehead atoms. The van der Waals surface area contributed by atoms with Crippen molar-refractivity contribution in [2.45, 2.75) is 51.3 Å². The molecule has 1 saturated carbocycles. The lowest BCUT2D eigenvalue weighted by Crippen LogP contribution is -2.41. The molecule has 2 atom stereocenters. The van der Waals surface area contributed by atoms with Crippen molar-refractivity contribution in [1.29, 1.82) is 0 Å². The fourth-order valence-electron chi connectivity index (χ4n) is 4.64. The van der Waals surface area contributed by atoms with Crippen LogP contribution >= 0.6 is 0 Å². The summed E-state index contributed by atoms with van der Waals surface area (Å²) in [5.74, 6) is 1.73. The maximum atomic E-state index is 13.0. The Hall–Kier alpha value is -3.43. The number of aromatic nitrogens is 4. The maximum Gasteiger partial charge on any atom is 0.251 e. The van der Waals surface area contributed by atoms with Crippen molar-refractivity contribution in [2.24, 2.45) is 5.92 Å². The van der Waals surface area contributed by atoms with Crippen LogP contribution in [-0.4, -0.2) is 63.4 Å². The maximum absolute atomic E-state index is 13.0. The summed E-state index contributed by atoms with van der Waals surface area (Å²) in [7, 11) is 3.42. The zero-order chi connectivity index (χ0) is 25.2. The molecule has 190 valence electrons. The number of nitrogens with zero attached hydrogens (tertiary/aromatic N) is 3. The monoisotopic (exact) mass is 490 g/mol. The molecule has 3 aromatic heterocycles. The second-order valence-electron chi connectivity index (χ2n) is 9.65. The Bertz CT molecular complexity index is 1370. The quantitative estimate of drug-likeness (QED) is 0.256. The van der Waals surface area contributed by atoms with E-state index in [1.165, 1.54) is 12.8 Å². The number of aromatic amines is 1. The lowest BCUT2D eigenvalue weighted by atomic mass is 10.1. The van der Waals surface area contributed by atoms with Gasteiger partial charge in [-0.15, -0.1) is 0 Å². The summed E-state index contributed by atoms with van der Waals surface area (Å²) in [5, 5.41) is 17.2. The number of carbonyl (C=O) groups excluding carboxylic acids is 1. The summed E-state index contributed by atoms with van der Waals surface area (Å²) >= 11 is 0. The number of amides is 1. The minimum absolute atomic E-state index is 0.0183. The van der Waals surface area contributed by atoms with Crippen molar-refractivity contribution < 1.29 is 14.6 Å². The molecular formula is C27H34N6O3. The third-order valence-electron chi connectivity index (χ3n) is 7.01. The Morgan fingerprint density at radius 2 is 2.17 bits per heavy atom. The molecule has 1 fully saturated rings. The third-order valence-corrected chi connectivity index (χ3v) is 7.01. The molecule has 5 rings (SSSR count). The number of carbonyl (C=O) groups is 1. The van der Waals surface area contributed by atoms with Crippen molar-refractivity contribution >= 4 is 28.0 Å². The summed E-state index contributed by atoms with van der Waals surface area (Å²) in [5.41, 5.74) is 3.84. The standard InChI is InChI=1S/C27H34N6O3/c1-4-20(34)13-19(28-2)14-30-27(35)18-10-21-24(23(12-18)36-3)32-25(31-21)22-11-17-6-5-9-29-26(17)33(22)15-16-7-8-16/h5-6,9-12,16,19-20,28,34H,4,7-8,13-15H2,1-3H3,(H,30,35)(H,31,32)/t19-,20+/m1/s1. The molecule has 3 heterocycles. The molecule has 1 aliphatic rings. The van der Waals surface area contributed by atoms with Crippen molar-refractivity contribution in [3.63, 3.8) is 0 Å². The van der Waals surface area contributed by atoms with Crippen LogP contribution in [0.2, 0.25) is 0 Å². The van der Waals surface area contributed by atoms with Gasteiger partial charge in [0.1, 0.15) is 16.9 Å². The van der Waals surface area contributed by atoms with Crippen LogP contribution in [-0.2, 0) is 6.54 Å². The highest BCUT2D eigenvalue weighted by Gasteiger charge is 2.25. The van der Waals surface area contributed by atoms with Crippen molar-refractivity contribution in [3.8, 4) is 17.3 Å². The van der Waals surface area contributed by atoms with Crippen LogP contribution in [0.15, 0.2) is 36.5 Å². The van der Waals surface area contributed by atoms with E-state index in [1.807, 2.05) is 32.3 Å². The number of ether oxygens (including phenoxy) is 1. The van der Waals surface area contributed by atoms with Crippen LogP contribution in [0.4, 0.5) is 0 Å². The van der Waals surface area contributed by atoms with Crippen LogP contribution in [0, 0.1) is 5.92 Å². The molecule has 4 aromatic rings. The van der Waals surface area contributed by atoms with Gasteiger partial charge in [0.15, 0.2) is 5.82 Å². The van der Waals surface area contributed by atoms with Gasteiger partial charge < -0.3 is 30.0 Å².